The fourth-order valence-electron chi connectivity index (χ4n) is 2.45. The average molecular weight is 420 g/mol. The molecule has 2 aromatic carbocycles. The van der Waals surface area contributed by atoms with Crippen LogP contribution in [-0.2, 0) is 6.42 Å². The van der Waals surface area contributed by atoms with Gasteiger partial charge in [-0.15, -0.1) is 5.98 Å². The van der Waals surface area contributed by atoms with Gasteiger partial charge in [0.25, 0.3) is 0 Å². The van der Waals surface area contributed by atoms with Crippen LogP contribution in [0.2, 0.25) is 0 Å². The van der Waals surface area contributed by atoms with Gasteiger partial charge in [0.2, 0.25) is 6.71 Å². The Bertz CT molecular complexity index is 589. The molecule has 2 rings (SSSR count). The lowest BCUT2D eigenvalue weighted by atomic mass is 9.40. The second-order valence-corrected chi connectivity index (χ2v) is 9.29. The summed E-state index contributed by atoms with van der Waals surface area (Å²) >= 11 is 7.08. The Balaban J connectivity index is 2.29. The third-order valence-electron chi connectivity index (χ3n) is 3.58. The number of hydrogen-bond acceptors (Lipinski definition) is 0. The molecule has 0 aliphatic carbocycles. The van der Waals surface area contributed by atoms with Crippen molar-refractivity contribution in [1.29, 1.82) is 0 Å². The molecule has 0 nitrogen and oxygen atoms in total. The highest BCUT2D eigenvalue weighted by Gasteiger charge is 2.15. The molecule has 0 spiro atoms. The molecule has 0 aliphatic heterocycles. The standard InChI is InChI=1S/C19H21BBr2/c1-15(2)12-13-20(17-6-4-3-5-7-17)18-10-8-16(9-11-18)14-19(21)22/h3-13,15,19H,14H2,1-2H3. The van der Waals surface area contributed by atoms with Crippen molar-refractivity contribution in [2.24, 2.45) is 5.92 Å². The summed E-state index contributed by atoms with van der Waals surface area (Å²) in [6.45, 7) is 4.75. The highest BCUT2D eigenvalue weighted by Crippen LogP contribution is 2.14. The first-order valence-corrected chi connectivity index (χ1v) is 9.49. The van der Waals surface area contributed by atoms with Gasteiger partial charge in [0.05, 0.1) is 3.74 Å². The molecule has 0 saturated heterocycles. The molecular formula is C19H21BBr2. The zero-order chi connectivity index (χ0) is 15.9. The van der Waals surface area contributed by atoms with Gasteiger partial charge in [0.15, 0.2) is 0 Å². The molecule has 0 atom stereocenters. The molecule has 0 heterocycles. The third kappa shape index (κ3) is 5.44. The highest BCUT2D eigenvalue weighted by molar-refractivity contribution is 9.24. The Kier molecular flexibility index (Phi) is 6.97. The molecule has 0 amide bonds. The van der Waals surface area contributed by atoms with Crippen LogP contribution in [0.3, 0.4) is 0 Å². The monoisotopic (exact) mass is 418 g/mol. The van der Waals surface area contributed by atoms with Gasteiger partial charge in [-0.05, 0) is 17.9 Å². The minimum atomic E-state index is 0.321. The molecular weight excluding hydrogens is 399 g/mol. The smallest absolute Gasteiger partial charge is 0.109 e. The summed E-state index contributed by atoms with van der Waals surface area (Å²) in [4.78, 5) is 0. The summed E-state index contributed by atoms with van der Waals surface area (Å²) < 4.78 is 0.330. The molecule has 0 aromatic heterocycles. The van der Waals surface area contributed by atoms with E-state index in [1.54, 1.807) is 0 Å². The molecule has 2 aromatic rings. The van der Waals surface area contributed by atoms with E-state index in [4.69, 9.17) is 0 Å². The predicted molar refractivity (Wildman–Crippen MR) is 107 cm³/mol. The van der Waals surface area contributed by atoms with Crippen LogP contribution in [0.1, 0.15) is 19.4 Å². The number of alkyl halides is 2. The Morgan fingerprint density at radius 3 is 2.05 bits per heavy atom. The fourth-order valence-corrected chi connectivity index (χ4v) is 3.20. The predicted octanol–water partition coefficient (Wildman–Crippen LogP) is 4.71. The lowest BCUT2D eigenvalue weighted by Crippen LogP contribution is -2.40. The maximum atomic E-state index is 3.54. The van der Waals surface area contributed by atoms with Crippen molar-refractivity contribution in [3.05, 3.63) is 72.2 Å². The van der Waals surface area contributed by atoms with E-state index in [0.29, 0.717) is 16.4 Å². The van der Waals surface area contributed by atoms with Crippen molar-refractivity contribution in [3.63, 3.8) is 0 Å². The first kappa shape index (κ1) is 17.6. The van der Waals surface area contributed by atoms with Crippen molar-refractivity contribution in [2.75, 3.05) is 0 Å². The largest absolute Gasteiger partial charge is 0.233 e. The summed E-state index contributed by atoms with van der Waals surface area (Å²) in [6, 6.07) is 19.7. The van der Waals surface area contributed by atoms with E-state index in [9.17, 15) is 0 Å². The van der Waals surface area contributed by atoms with Gasteiger partial charge in [-0.3, -0.25) is 0 Å². The molecule has 0 aliphatic rings. The van der Waals surface area contributed by atoms with Crippen LogP contribution < -0.4 is 10.9 Å². The fraction of sp³-hybridized carbons (Fsp3) is 0.263. The molecule has 22 heavy (non-hydrogen) atoms. The number of benzene rings is 2. The van der Waals surface area contributed by atoms with E-state index in [0.717, 1.165) is 6.42 Å². The summed E-state index contributed by atoms with van der Waals surface area (Å²) in [5, 5.41) is 0. The van der Waals surface area contributed by atoms with Gasteiger partial charge in [0.1, 0.15) is 0 Å². The number of hydrogen-bond donors (Lipinski definition) is 0. The van der Waals surface area contributed by atoms with Crippen LogP contribution in [0.25, 0.3) is 0 Å². The molecule has 0 fully saturated rings. The lowest BCUT2D eigenvalue weighted by molar-refractivity contribution is 0.833. The second-order valence-electron chi connectivity index (χ2n) is 5.85. The zero-order valence-electron chi connectivity index (χ0n) is 13.0. The summed E-state index contributed by atoms with van der Waals surface area (Å²) in [6.07, 6.45) is 3.27. The number of rotatable bonds is 6. The molecule has 0 saturated carbocycles. The SMILES string of the molecule is CC(C)C=CB(c1ccccc1)c1ccc(CC(Br)Br)cc1. The zero-order valence-corrected chi connectivity index (χ0v) is 16.2. The van der Waals surface area contributed by atoms with Crippen LogP contribution in [0.5, 0.6) is 0 Å². The van der Waals surface area contributed by atoms with E-state index in [1.807, 2.05) is 0 Å². The normalized spacial score (nSPS) is 11.5. The molecule has 114 valence electrons. The Morgan fingerprint density at radius 1 is 0.909 bits per heavy atom. The van der Waals surface area contributed by atoms with E-state index < -0.39 is 0 Å². The van der Waals surface area contributed by atoms with E-state index in [-0.39, 0.29) is 0 Å². The van der Waals surface area contributed by atoms with Gasteiger partial charge in [-0.2, -0.15) is 0 Å². The van der Waals surface area contributed by atoms with Crippen LogP contribution in [0.4, 0.5) is 0 Å². The second kappa shape index (κ2) is 8.74. The van der Waals surface area contributed by atoms with Gasteiger partial charge in [-0.25, -0.2) is 0 Å². The summed E-state index contributed by atoms with van der Waals surface area (Å²) in [5.41, 5.74) is 4.01. The minimum Gasteiger partial charge on any atom is -0.109 e. The van der Waals surface area contributed by atoms with Gasteiger partial charge in [0, 0.05) is 0 Å². The Hall–Kier alpha value is -0.795. The Labute approximate surface area is 151 Å². The first-order valence-electron chi connectivity index (χ1n) is 7.66. The van der Waals surface area contributed by atoms with Crippen LogP contribution >= 0.6 is 31.9 Å². The van der Waals surface area contributed by atoms with Crippen molar-refractivity contribution < 1.29 is 0 Å². The molecule has 0 unspecified atom stereocenters. The Morgan fingerprint density at radius 2 is 1.50 bits per heavy atom. The van der Waals surface area contributed by atoms with Crippen molar-refractivity contribution >= 4 is 49.5 Å². The minimum absolute atomic E-state index is 0.321. The van der Waals surface area contributed by atoms with Crippen molar-refractivity contribution in [3.8, 4) is 0 Å². The molecule has 0 radical (unpaired) electrons. The van der Waals surface area contributed by atoms with E-state index in [1.165, 1.54) is 16.5 Å². The van der Waals surface area contributed by atoms with Crippen molar-refractivity contribution in [1.82, 2.24) is 0 Å². The number of halogens is 2. The maximum absolute atomic E-state index is 3.54. The molecule has 0 N–H and O–H groups in total. The summed E-state index contributed by atoms with van der Waals surface area (Å²) in [5.74, 6) is 2.89. The summed E-state index contributed by atoms with van der Waals surface area (Å²) in [7, 11) is 0. The van der Waals surface area contributed by atoms with Crippen molar-refractivity contribution in [2.45, 2.75) is 24.0 Å². The third-order valence-corrected chi connectivity index (χ3v) is 4.22. The molecule has 0 bridgehead atoms. The van der Waals surface area contributed by atoms with Crippen LogP contribution in [0.15, 0.2) is 66.6 Å². The van der Waals surface area contributed by atoms with E-state index in [2.05, 4.69) is 112 Å². The van der Waals surface area contributed by atoms with Crippen LogP contribution in [0, 0.1) is 5.92 Å². The first-order chi connectivity index (χ1) is 10.6. The average Bonchev–Trinajstić information content (AvgIpc) is 2.49. The van der Waals surface area contributed by atoms with Gasteiger partial charge in [-0.1, -0.05) is 117 Å². The number of allylic oxidation sites excluding steroid dienone is 1. The van der Waals surface area contributed by atoms with Gasteiger partial charge >= 0.3 is 0 Å². The highest BCUT2D eigenvalue weighted by atomic mass is 79.9. The quantitative estimate of drug-likeness (QED) is 0.470. The lowest BCUT2D eigenvalue weighted by Gasteiger charge is -2.12. The van der Waals surface area contributed by atoms with Crippen LogP contribution in [-0.4, -0.2) is 10.4 Å². The molecule has 3 heteroatoms. The van der Waals surface area contributed by atoms with Gasteiger partial charge < -0.3 is 0 Å². The maximum Gasteiger partial charge on any atom is 0.233 e. The topological polar surface area (TPSA) is 0 Å². The van der Waals surface area contributed by atoms with E-state index >= 15 is 0 Å².